The minimum Gasteiger partial charge on any atom is -0.381 e. The van der Waals surface area contributed by atoms with E-state index < -0.39 is 0 Å². The molecule has 0 radical (unpaired) electrons. The monoisotopic (exact) mass is 186 g/mol. The lowest BCUT2D eigenvalue weighted by atomic mass is 9.91. The topological polar surface area (TPSA) is 9.23 Å². The Bertz CT molecular complexity index is 113. The molecule has 0 saturated heterocycles. The maximum atomic E-state index is 5.58. The largest absolute Gasteiger partial charge is 0.381 e. The van der Waals surface area contributed by atoms with Crippen LogP contribution in [0.15, 0.2) is 0 Å². The van der Waals surface area contributed by atoms with Gasteiger partial charge in [-0.3, -0.25) is 0 Å². The van der Waals surface area contributed by atoms with Gasteiger partial charge < -0.3 is 4.74 Å². The number of ether oxygens (including phenoxy) is 1. The highest BCUT2D eigenvalue weighted by Crippen LogP contribution is 2.20. The van der Waals surface area contributed by atoms with Crippen LogP contribution in [-0.2, 0) is 4.74 Å². The number of hydrogen-bond acceptors (Lipinski definition) is 1. The fraction of sp³-hybridized carbons (Fsp3) is 1.00. The second kappa shape index (κ2) is 6.42. The summed E-state index contributed by atoms with van der Waals surface area (Å²) >= 11 is 0. The van der Waals surface area contributed by atoms with E-state index in [0.29, 0.717) is 5.41 Å². The van der Waals surface area contributed by atoms with E-state index in [0.717, 1.165) is 19.1 Å². The molecule has 0 aliphatic heterocycles. The first-order valence-corrected chi connectivity index (χ1v) is 5.53. The quantitative estimate of drug-likeness (QED) is 0.572. The van der Waals surface area contributed by atoms with Crippen molar-refractivity contribution in [3.05, 3.63) is 0 Å². The lowest BCUT2D eigenvalue weighted by molar-refractivity contribution is 0.0947. The SMILES string of the molecule is CCC(C)COCCCC(C)(C)C. The standard InChI is InChI=1S/C12H26O/c1-6-11(2)10-13-9-7-8-12(3,4)5/h11H,6-10H2,1-5H3. The minimum absolute atomic E-state index is 0.458. The van der Waals surface area contributed by atoms with Gasteiger partial charge in [-0.05, 0) is 24.2 Å². The van der Waals surface area contributed by atoms with Crippen molar-refractivity contribution in [2.24, 2.45) is 11.3 Å². The Kier molecular flexibility index (Phi) is 6.40. The van der Waals surface area contributed by atoms with Gasteiger partial charge in [0.2, 0.25) is 0 Å². The summed E-state index contributed by atoms with van der Waals surface area (Å²) in [6, 6.07) is 0. The van der Waals surface area contributed by atoms with Gasteiger partial charge in [-0.25, -0.2) is 0 Å². The highest BCUT2D eigenvalue weighted by atomic mass is 16.5. The van der Waals surface area contributed by atoms with Crippen molar-refractivity contribution < 1.29 is 4.74 Å². The molecule has 1 unspecified atom stereocenters. The van der Waals surface area contributed by atoms with Crippen LogP contribution in [0.25, 0.3) is 0 Å². The smallest absolute Gasteiger partial charge is 0.0491 e. The Morgan fingerprint density at radius 1 is 1.23 bits per heavy atom. The molecule has 0 aliphatic rings. The van der Waals surface area contributed by atoms with Crippen LogP contribution >= 0.6 is 0 Å². The van der Waals surface area contributed by atoms with E-state index in [1.807, 2.05) is 0 Å². The Morgan fingerprint density at radius 3 is 2.31 bits per heavy atom. The van der Waals surface area contributed by atoms with E-state index in [9.17, 15) is 0 Å². The first kappa shape index (κ1) is 13.0. The summed E-state index contributed by atoms with van der Waals surface area (Å²) in [6.45, 7) is 13.2. The van der Waals surface area contributed by atoms with Crippen LogP contribution in [0.2, 0.25) is 0 Å². The van der Waals surface area contributed by atoms with Gasteiger partial charge in [0.1, 0.15) is 0 Å². The predicted molar refractivity (Wildman–Crippen MR) is 59.0 cm³/mol. The normalized spacial score (nSPS) is 14.5. The van der Waals surface area contributed by atoms with E-state index in [-0.39, 0.29) is 0 Å². The van der Waals surface area contributed by atoms with Crippen molar-refractivity contribution in [1.82, 2.24) is 0 Å². The van der Waals surface area contributed by atoms with Gasteiger partial charge >= 0.3 is 0 Å². The molecular weight excluding hydrogens is 160 g/mol. The number of rotatable bonds is 6. The molecule has 0 rings (SSSR count). The molecule has 0 bridgehead atoms. The highest BCUT2D eigenvalue weighted by Gasteiger charge is 2.08. The molecule has 1 heteroatoms. The molecule has 1 atom stereocenters. The lowest BCUT2D eigenvalue weighted by Gasteiger charge is -2.18. The molecule has 0 spiro atoms. The minimum atomic E-state index is 0.458. The molecular formula is C12H26O. The van der Waals surface area contributed by atoms with Gasteiger partial charge in [-0.15, -0.1) is 0 Å². The van der Waals surface area contributed by atoms with Gasteiger partial charge in [0.05, 0.1) is 0 Å². The average Bonchev–Trinajstić information content (AvgIpc) is 2.01. The third-order valence-electron chi connectivity index (χ3n) is 2.31. The summed E-state index contributed by atoms with van der Waals surface area (Å²) in [7, 11) is 0. The maximum absolute atomic E-state index is 5.58. The van der Waals surface area contributed by atoms with Gasteiger partial charge in [0.25, 0.3) is 0 Å². The van der Waals surface area contributed by atoms with Gasteiger partial charge in [0.15, 0.2) is 0 Å². The molecule has 0 aliphatic carbocycles. The third kappa shape index (κ3) is 9.88. The van der Waals surface area contributed by atoms with E-state index >= 15 is 0 Å². The van der Waals surface area contributed by atoms with Crippen molar-refractivity contribution in [1.29, 1.82) is 0 Å². The Balaban J connectivity index is 3.18. The second-order valence-corrected chi connectivity index (χ2v) is 5.25. The molecule has 0 aromatic rings. The van der Waals surface area contributed by atoms with Crippen LogP contribution in [0.3, 0.4) is 0 Å². The first-order valence-electron chi connectivity index (χ1n) is 5.53. The molecule has 0 heterocycles. The third-order valence-corrected chi connectivity index (χ3v) is 2.31. The second-order valence-electron chi connectivity index (χ2n) is 5.25. The predicted octanol–water partition coefficient (Wildman–Crippen LogP) is 3.88. The first-order chi connectivity index (χ1) is 5.95. The van der Waals surface area contributed by atoms with Crippen LogP contribution in [-0.4, -0.2) is 13.2 Å². The summed E-state index contributed by atoms with van der Waals surface area (Å²) < 4.78 is 5.58. The number of hydrogen-bond donors (Lipinski definition) is 0. The van der Waals surface area contributed by atoms with Crippen LogP contribution in [0, 0.1) is 11.3 Å². The van der Waals surface area contributed by atoms with Crippen LogP contribution in [0.5, 0.6) is 0 Å². The molecule has 1 nitrogen and oxygen atoms in total. The van der Waals surface area contributed by atoms with Crippen molar-refractivity contribution in [3.8, 4) is 0 Å². The fourth-order valence-corrected chi connectivity index (χ4v) is 1.11. The zero-order valence-electron chi connectivity index (χ0n) is 10.0. The van der Waals surface area contributed by atoms with E-state index in [2.05, 4.69) is 34.6 Å². The van der Waals surface area contributed by atoms with E-state index in [4.69, 9.17) is 4.74 Å². The maximum Gasteiger partial charge on any atom is 0.0491 e. The highest BCUT2D eigenvalue weighted by molar-refractivity contribution is 4.60. The lowest BCUT2D eigenvalue weighted by Crippen LogP contribution is -2.09. The molecule has 13 heavy (non-hydrogen) atoms. The van der Waals surface area contributed by atoms with E-state index in [1.54, 1.807) is 0 Å². The van der Waals surface area contributed by atoms with Crippen LogP contribution in [0.4, 0.5) is 0 Å². The molecule has 0 aromatic carbocycles. The Morgan fingerprint density at radius 2 is 1.85 bits per heavy atom. The summed E-state index contributed by atoms with van der Waals surface area (Å²) in [5.41, 5.74) is 0.458. The molecule has 0 saturated carbocycles. The van der Waals surface area contributed by atoms with E-state index in [1.165, 1.54) is 19.3 Å². The van der Waals surface area contributed by atoms with Gasteiger partial charge in [-0.1, -0.05) is 41.0 Å². The van der Waals surface area contributed by atoms with Crippen molar-refractivity contribution in [3.63, 3.8) is 0 Å². The summed E-state index contributed by atoms with van der Waals surface area (Å²) in [5.74, 6) is 0.717. The average molecular weight is 186 g/mol. The van der Waals surface area contributed by atoms with Gasteiger partial charge in [0, 0.05) is 13.2 Å². The molecule has 0 aromatic heterocycles. The van der Waals surface area contributed by atoms with Crippen LogP contribution in [0.1, 0.15) is 53.9 Å². The molecule has 0 N–H and O–H groups in total. The van der Waals surface area contributed by atoms with Crippen molar-refractivity contribution in [2.75, 3.05) is 13.2 Å². The molecule has 80 valence electrons. The fourth-order valence-electron chi connectivity index (χ4n) is 1.11. The molecule has 0 amide bonds. The zero-order valence-corrected chi connectivity index (χ0v) is 10.0. The Hall–Kier alpha value is -0.0400. The summed E-state index contributed by atoms with van der Waals surface area (Å²) in [6.07, 6.45) is 3.67. The molecule has 0 fully saturated rings. The summed E-state index contributed by atoms with van der Waals surface area (Å²) in [4.78, 5) is 0. The van der Waals surface area contributed by atoms with Crippen LogP contribution < -0.4 is 0 Å². The van der Waals surface area contributed by atoms with Gasteiger partial charge in [-0.2, -0.15) is 0 Å². The van der Waals surface area contributed by atoms with Crippen molar-refractivity contribution >= 4 is 0 Å². The van der Waals surface area contributed by atoms with Crippen molar-refractivity contribution in [2.45, 2.75) is 53.9 Å². The summed E-state index contributed by atoms with van der Waals surface area (Å²) in [5, 5.41) is 0. The Labute approximate surface area is 83.9 Å². The zero-order chi connectivity index (χ0) is 10.3.